The Morgan fingerprint density at radius 2 is 1.93 bits per heavy atom. The van der Waals surface area contributed by atoms with Gasteiger partial charge in [-0.1, -0.05) is 12.1 Å². The number of piperazine rings is 1. The second kappa shape index (κ2) is 4.01. The molecule has 2 heteroatoms. The molecule has 1 aliphatic rings. The lowest BCUT2D eigenvalue weighted by Gasteiger charge is -2.31. The van der Waals surface area contributed by atoms with Crippen molar-refractivity contribution in [2.75, 3.05) is 31.1 Å². The molecule has 1 aliphatic heterocycles. The summed E-state index contributed by atoms with van der Waals surface area (Å²) in [4.78, 5) is 2.47. The van der Waals surface area contributed by atoms with E-state index < -0.39 is 0 Å². The van der Waals surface area contributed by atoms with Crippen molar-refractivity contribution in [3.05, 3.63) is 29.3 Å². The van der Waals surface area contributed by atoms with Gasteiger partial charge in [-0.15, -0.1) is 0 Å². The molecule has 0 atom stereocenters. The van der Waals surface area contributed by atoms with Crippen LogP contribution < -0.4 is 10.2 Å². The lowest BCUT2D eigenvalue weighted by atomic mass is 10.1. The minimum atomic E-state index is 0. The fraction of sp³-hybridized carbons (Fsp3) is 0.500. The van der Waals surface area contributed by atoms with E-state index in [4.69, 9.17) is 0 Å². The van der Waals surface area contributed by atoms with Gasteiger partial charge in [-0.3, -0.25) is 0 Å². The van der Waals surface area contributed by atoms with Crippen LogP contribution >= 0.6 is 0 Å². The molecule has 2 nitrogen and oxygen atoms in total. The fourth-order valence-corrected chi connectivity index (χ4v) is 1.98. The van der Waals surface area contributed by atoms with Gasteiger partial charge < -0.3 is 10.2 Å². The first kappa shape index (κ1) is 9.53. The first-order valence-corrected chi connectivity index (χ1v) is 5.31. The third-order valence-corrected chi connectivity index (χ3v) is 3.03. The molecule has 0 radical (unpaired) electrons. The molecule has 1 aromatic carbocycles. The zero-order chi connectivity index (χ0) is 9.97. The van der Waals surface area contributed by atoms with E-state index in [1.165, 1.54) is 16.8 Å². The minimum Gasteiger partial charge on any atom is -0.369 e. The normalized spacial score (nSPS) is 17.1. The van der Waals surface area contributed by atoms with Gasteiger partial charge in [0.1, 0.15) is 0 Å². The lowest BCUT2D eigenvalue weighted by Crippen LogP contribution is -2.43. The molecule has 1 fully saturated rings. The number of hydrogen-bond donors (Lipinski definition) is 1. The van der Waals surface area contributed by atoms with Crippen LogP contribution in [0.2, 0.25) is 0 Å². The molecule has 1 N–H and O–H groups in total. The average molecular weight is 192 g/mol. The molecule has 1 saturated heterocycles. The predicted octanol–water partition coefficient (Wildman–Crippen LogP) is 1.96. The summed E-state index contributed by atoms with van der Waals surface area (Å²) in [6.07, 6.45) is 0. The molecule has 0 spiro atoms. The highest BCUT2D eigenvalue weighted by Gasteiger charge is 2.12. The second-order valence-corrected chi connectivity index (χ2v) is 3.96. The Bertz CT molecular complexity index is 319. The molecular weight excluding hydrogens is 172 g/mol. The summed E-state index contributed by atoms with van der Waals surface area (Å²) in [5.41, 5.74) is 4.22. The maximum absolute atomic E-state index is 3.38. The highest BCUT2D eigenvalue weighted by Crippen LogP contribution is 2.22. The number of rotatable bonds is 1. The summed E-state index contributed by atoms with van der Waals surface area (Å²) in [6, 6.07) is 6.56. The molecule has 14 heavy (non-hydrogen) atoms. The maximum Gasteiger partial charge on any atom is 0.0399 e. The van der Waals surface area contributed by atoms with Crippen LogP contribution in [0.25, 0.3) is 0 Å². The van der Waals surface area contributed by atoms with Gasteiger partial charge >= 0.3 is 0 Å². The minimum absolute atomic E-state index is 0. The summed E-state index contributed by atoms with van der Waals surface area (Å²) in [6.45, 7) is 8.86. The van der Waals surface area contributed by atoms with Gasteiger partial charge in [-0.05, 0) is 31.0 Å². The van der Waals surface area contributed by atoms with Crippen molar-refractivity contribution in [2.24, 2.45) is 0 Å². The van der Waals surface area contributed by atoms with Crippen molar-refractivity contribution in [2.45, 2.75) is 13.8 Å². The van der Waals surface area contributed by atoms with E-state index in [2.05, 4.69) is 42.3 Å². The van der Waals surface area contributed by atoms with Crippen LogP contribution in [-0.4, -0.2) is 26.2 Å². The zero-order valence-electron chi connectivity index (χ0n) is 9.01. The Labute approximate surface area is 87.4 Å². The van der Waals surface area contributed by atoms with Crippen LogP contribution in [0.15, 0.2) is 18.2 Å². The largest absolute Gasteiger partial charge is 0.369 e. The number of hydrogen-bond acceptors (Lipinski definition) is 2. The molecule has 0 unspecified atom stereocenters. The average Bonchev–Trinajstić information content (AvgIpc) is 2.23. The Balaban J connectivity index is 0.00000112. The van der Waals surface area contributed by atoms with Crippen LogP contribution in [0.4, 0.5) is 5.69 Å². The molecule has 0 aromatic heterocycles. The molecule has 78 valence electrons. The van der Waals surface area contributed by atoms with Gasteiger partial charge in [-0.2, -0.15) is 0 Å². The van der Waals surface area contributed by atoms with E-state index in [1.54, 1.807) is 0 Å². The van der Waals surface area contributed by atoms with Crippen molar-refractivity contribution in [1.29, 1.82) is 0 Å². The SMILES string of the molecule is Cc1cccc(N2CCNCC2)c1C.[HH]. The first-order chi connectivity index (χ1) is 6.79. The molecule has 0 amide bonds. The third kappa shape index (κ3) is 1.75. The quantitative estimate of drug-likeness (QED) is 0.731. The van der Waals surface area contributed by atoms with Crippen LogP contribution in [0.1, 0.15) is 12.6 Å². The summed E-state index contributed by atoms with van der Waals surface area (Å²) in [5, 5.41) is 3.38. The third-order valence-electron chi connectivity index (χ3n) is 3.03. The smallest absolute Gasteiger partial charge is 0.0399 e. The van der Waals surface area contributed by atoms with Gasteiger partial charge in [0.25, 0.3) is 0 Å². The van der Waals surface area contributed by atoms with Crippen molar-refractivity contribution < 1.29 is 1.43 Å². The Morgan fingerprint density at radius 3 is 2.64 bits per heavy atom. The van der Waals surface area contributed by atoms with E-state index in [0.717, 1.165) is 26.2 Å². The number of aryl methyl sites for hydroxylation is 1. The first-order valence-electron chi connectivity index (χ1n) is 5.31. The van der Waals surface area contributed by atoms with Gasteiger partial charge in [0, 0.05) is 33.3 Å². The van der Waals surface area contributed by atoms with Crippen molar-refractivity contribution >= 4 is 5.69 Å². The second-order valence-electron chi connectivity index (χ2n) is 3.96. The van der Waals surface area contributed by atoms with Gasteiger partial charge in [0.15, 0.2) is 0 Å². The van der Waals surface area contributed by atoms with Crippen LogP contribution in [0.3, 0.4) is 0 Å². The monoisotopic (exact) mass is 192 g/mol. The van der Waals surface area contributed by atoms with Crippen LogP contribution in [-0.2, 0) is 0 Å². The van der Waals surface area contributed by atoms with Crippen molar-refractivity contribution in [3.63, 3.8) is 0 Å². The van der Waals surface area contributed by atoms with Crippen molar-refractivity contribution in [1.82, 2.24) is 5.32 Å². The fourth-order valence-electron chi connectivity index (χ4n) is 1.98. The summed E-state index contributed by atoms with van der Waals surface area (Å²) in [7, 11) is 0. The zero-order valence-corrected chi connectivity index (χ0v) is 9.01. The predicted molar refractivity (Wildman–Crippen MR) is 63.1 cm³/mol. The Morgan fingerprint density at radius 1 is 1.21 bits per heavy atom. The van der Waals surface area contributed by atoms with E-state index in [1.807, 2.05) is 0 Å². The molecule has 1 aromatic rings. The Kier molecular flexibility index (Phi) is 2.73. The summed E-state index contributed by atoms with van der Waals surface area (Å²) in [5.74, 6) is 0. The van der Waals surface area contributed by atoms with Crippen LogP contribution in [0, 0.1) is 13.8 Å². The number of nitrogens with zero attached hydrogens (tertiary/aromatic N) is 1. The van der Waals surface area contributed by atoms with Crippen molar-refractivity contribution in [3.8, 4) is 0 Å². The molecule has 1 heterocycles. The highest BCUT2D eigenvalue weighted by molar-refractivity contribution is 5.56. The van der Waals surface area contributed by atoms with E-state index >= 15 is 0 Å². The highest BCUT2D eigenvalue weighted by atomic mass is 15.2. The van der Waals surface area contributed by atoms with Gasteiger partial charge in [0.05, 0.1) is 0 Å². The maximum atomic E-state index is 3.38. The number of anilines is 1. The lowest BCUT2D eigenvalue weighted by molar-refractivity contribution is 0.588. The molecule has 0 saturated carbocycles. The summed E-state index contributed by atoms with van der Waals surface area (Å²) >= 11 is 0. The van der Waals surface area contributed by atoms with E-state index in [-0.39, 0.29) is 1.43 Å². The summed E-state index contributed by atoms with van der Waals surface area (Å²) < 4.78 is 0. The topological polar surface area (TPSA) is 15.3 Å². The standard InChI is InChI=1S/C12H18N2.H2/c1-10-4-3-5-12(11(10)2)14-8-6-13-7-9-14;/h3-5,13H,6-9H2,1-2H3;1H. The molecule has 2 rings (SSSR count). The molecule has 0 aliphatic carbocycles. The van der Waals surface area contributed by atoms with Crippen LogP contribution in [0.5, 0.6) is 0 Å². The molecular formula is C12H20N2. The number of nitrogens with one attached hydrogen (secondary N) is 1. The Hall–Kier alpha value is -1.02. The van der Waals surface area contributed by atoms with E-state index in [9.17, 15) is 0 Å². The van der Waals surface area contributed by atoms with E-state index in [0.29, 0.717) is 0 Å². The van der Waals surface area contributed by atoms with Gasteiger partial charge in [-0.25, -0.2) is 0 Å². The number of benzene rings is 1. The molecule has 0 bridgehead atoms. The van der Waals surface area contributed by atoms with Gasteiger partial charge in [0.2, 0.25) is 0 Å².